The molecule has 18 heavy (non-hydrogen) atoms. The summed E-state index contributed by atoms with van der Waals surface area (Å²) in [5, 5.41) is 0. The predicted molar refractivity (Wildman–Crippen MR) is 72.4 cm³/mol. The molecule has 0 unspecified atom stereocenters. The van der Waals surface area contributed by atoms with E-state index in [4.69, 9.17) is 4.74 Å². The fourth-order valence-electron chi connectivity index (χ4n) is 3.41. The highest BCUT2D eigenvalue weighted by Crippen LogP contribution is 2.27. The van der Waals surface area contributed by atoms with Crippen molar-refractivity contribution in [3.05, 3.63) is 0 Å². The number of likely N-dealkylation sites (tertiary alicyclic amines) is 1. The van der Waals surface area contributed by atoms with Gasteiger partial charge in [-0.1, -0.05) is 25.7 Å². The maximum atomic E-state index is 11.8. The van der Waals surface area contributed by atoms with E-state index in [9.17, 15) is 4.79 Å². The van der Waals surface area contributed by atoms with Crippen molar-refractivity contribution in [3.8, 4) is 0 Å². The molecule has 0 aromatic carbocycles. The molecule has 0 amide bonds. The minimum atomic E-state index is 0.0239. The minimum absolute atomic E-state index is 0.0239. The molecule has 0 bridgehead atoms. The summed E-state index contributed by atoms with van der Waals surface area (Å²) in [6.07, 6.45) is 10.3. The molecule has 3 heteroatoms. The standard InChI is InChI=1S/C15H27NO2/c1-2-18-15(17)13-8-7-11-16(12-13)14-9-5-3-4-6-10-14/h13-14H,2-12H2,1H3/t13-/m1/s1. The SMILES string of the molecule is CCOC(=O)[C@@H]1CCCN(C2CCCCCC2)C1. The van der Waals surface area contributed by atoms with Crippen LogP contribution in [0.4, 0.5) is 0 Å². The summed E-state index contributed by atoms with van der Waals surface area (Å²) in [5.74, 6) is 0.151. The number of rotatable bonds is 3. The second-order valence-corrected chi connectivity index (χ2v) is 5.73. The first-order chi connectivity index (χ1) is 8.81. The number of esters is 1. The van der Waals surface area contributed by atoms with Gasteiger partial charge < -0.3 is 4.74 Å². The third kappa shape index (κ3) is 3.71. The molecule has 104 valence electrons. The van der Waals surface area contributed by atoms with Crippen molar-refractivity contribution in [2.75, 3.05) is 19.7 Å². The lowest BCUT2D eigenvalue weighted by Crippen LogP contribution is -2.44. The van der Waals surface area contributed by atoms with Gasteiger partial charge in [-0.05, 0) is 39.2 Å². The maximum absolute atomic E-state index is 11.8. The van der Waals surface area contributed by atoms with E-state index in [1.807, 2.05) is 6.92 Å². The third-order valence-electron chi connectivity index (χ3n) is 4.41. The Labute approximate surface area is 111 Å². The number of carbonyl (C=O) groups is 1. The second-order valence-electron chi connectivity index (χ2n) is 5.73. The van der Waals surface area contributed by atoms with Gasteiger partial charge in [-0.25, -0.2) is 0 Å². The lowest BCUT2D eigenvalue weighted by atomic mass is 9.95. The first kappa shape index (κ1) is 13.9. The van der Waals surface area contributed by atoms with Gasteiger partial charge in [-0.15, -0.1) is 0 Å². The molecule has 0 spiro atoms. The van der Waals surface area contributed by atoms with Gasteiger partial charge in [0.25, 0.3) is 0 Å². The summed E-state index contributed by atoms with van der Waals surface area (Å²) < 4.78 is 5.18. The Balaban J connectivity index is 1.86. The van der Waals surface area contributed by atoms with Crippen molar-refractivity contribution >= 4 is 5.97 Å². The van der Waals surface area contributed by atoms with Crippen LogP contribution in [0.1, 0.15) is 58.3 Å². The summed E-state index contributed by atoms with van der Waals surface area (Å²) in [5.41, 5.74) is 0. The van der Waals surface area contributed by atoms with E-state index in [2.05, 4.69) is 4.90 Å². The highest BCUT2D eigenvalue weighted by atomic mass is 16.5. The average molecular weight is 253 g/mol. The van der Waals surface area contributed by atoms with Crippen molar-refractivity contribution in [2.45, 2.75) is 64.3 Å². The van der Waals surface area contributed by atoms with E-state index in [-0.39, 0.29) is 11.9 Å². The van der Waals surface area contributed by atoms with Crippen LogP contribution in [-0.2, 0) is 9.53 Å². The Bertz CT molecular complexity index is 259. The highest BCUT2D eigenvalue weighted by Gasteiger charge is 2.30. The van der Waals surface area contributed by atoms with Crippen LogP contribution in [-0.4, -0.2) is 36.6 Å². The van der Waals surface area contributed by atoms with Crippen LogP contribution in [0.2, 0.25) is 0 Å². The van der Waals surface area contributed by atoms with Gasteiger partial charge in [0.05, 0.1) is 12.5 Å². The molecule has 2 fully saturated rings. The zero-order chi connectivity index (χ0) is 12.8. The zero-order valence-electron chi connectivity index (χ0n) is 11.7. The Hall–Kier alpha value is -0.570. The largest absolute Gasteiger partial charge is 0.466 e. The van der Waals surface area contributed by atoms with E-state index in [1.165, 1.54) is 45.1 Å². The number of hydrogen-bond donors (Lipinski definition) is 0. The van der Waals surface area contributed by atoms with Gasteiger partial charge in [0, 0.05) is 12.6 Å². The zero-order valence-corrected chi connectivity index (χ0v) is 11.7. The van der Waals surface area contributed by atoms with Gasteiger partial charge in [-0.2, -0.15) is 0 Å². The number of nitrogens with zero attached hydrogens (tertiary/aromatic N) is 1. The van der Waals surface area contributed by atoms with Crippen molar-refractivity contribution in [3.63, 3.8) is 0 Å². The van der Waals surface area contributed by atoms with Crippen molar-refractivity contribution < 1.29 is 9.53 Å². The first-order valence-corrected chi connectivity index (χ1v) is 7.72. The molecule has 1 atom stereocenters. The van der Waals surface area contributed by atoms with E-state index in [0.29, 0.717) is 6.61 Å². The lowest BCUT2D eigenvalue weighted by molar-refractivity contribution is -0.150. The van der Waals surface area contributed by atoms with Crippen LogP contribution in [0.5, 0.6) is 0 Å². The molecule has 1 saturated heterocycles. The first-order valence-electron chi connectivity index (χ1n) is 7.72. The average Bonchev–Trinajstić information content (AvgIpc) is 2.68. The molecule has 1 heterocycles. The molecule has 0 aromatic heterocycles. The molecular formula is C15H27NO2. The molecule has 1 aliphatic heterocycles. The molecule has 0 aromatic rings. The normalized spacial score (nSPS) is 27.7. The van der Waals surface area contributed by atoms with E-state index >= 15 is 0 Å². The Morgan fingerprint density at radius 2 is 1.83 bits per heavy atom. The molecule has 0 N–H and O–H groups in total. The number of piperidine rings is 1. The van der Waals surface area contributed by atoms with E-state index in [1.54, 1.807) is 0 Å². The monoisotopic (exact) mass is 253 g/mol. The summed E-state index contributed by atoms with van der Waals surface area (Å²) in [7, 11) is 0. The van der Waals surface area contributed by atoms with Crippen LogP contribution < -0.4 is 0 Å². The number of hydrogen-bond acceptors (Lipinski definition) is 3. The topological polar surface area (TPSA) is 29.5 Å². The van der Waals surface area contributed by atoms with Crippen LogP contribution in [0.25, 0.3) is 0 Å². The van der Waals surface area contributed by atoms with E-state index in [0.717, 1.165) is 25.4 Å². The van der Waals surface area contributed by atoms with Gasteiger partial charge in [0.15, 0.2) is 0 Å². The summed E-state index contributed by atoms with van der Waals surface area (Å²) in [4.78, 5) is 14.4. The molecular weight excluding hydrogens is 226 g/mol. The lowest BCUT2D eigenvalue weighted by Gasteiger charge is -2.37. The molecule has 3 nitrogen and oxygen atoms in total. The van der Waals surface area contributed by atoms with E-state index < -0.39 is 0 Å². The molecule has 1 aliphatic carbocycles. The van der Waals surface area contributed by atoms with Crippen LogP contribution >= 0.6 is 0 Å². The Morgan fingerprint density at radius 1 is 1.11 bits per heavy atom. The molecule has 0 radical (unpaired) electrons. The van der Waals surface area contributed by atoms with Crippen LogP contribution in [0.3, 0.4) is 0 Å². The van der Waals surface area contributed by atoms with Gasteiger partial charge in [0.2, 0.25) is 0 Å². The van der Waals surface area contributed by atoms with Gasteiger partial charge in [0.1, 0.15) is 0 Å². The predicted octanol–water partition coefficient (Wildman–Crippen LogP) is 2.98. The summed E-state index contributed by atoms with van der Waals surface area (Å²) >= 11 is 0. The highest BCUT2D eigenvalue weighted by molar-refractivity contribution is 5.72. The number of ether oxygens (including phenoxy) is 1. The quantitative estimate of drug-likeness (QED) is 0.572. The van der Waals surface area contributed by atoms with Crippen molar-refractivity contribution in [1.29, 1.82) is 0 Å². The van der Waals surface area contributed by atoms with Crippen LogP contribution in [0.15, 0.2) is 0 Å². The second kappa shape index (κ2) is 7.13. The maximum Gasteiger partial charge on any atom is 0.310 e. The van der Waals surface area contributed by atoms with Crippen molar-refractivity contribution in [2.24, 2.45) is 5.92 Å². The fraction of sp³-hybridized carbons (Fsp3) is 0.933. The van der Waals surface area contributed by atoms with Gasteiger partial charge in [-0.3, -0.25) is 9.69 Å². The minimum Gasteiger partial charge on any atom is -0.466 e. The molecule has 2 aliphatic rings. The van der Waals surface area contributed by atoms with Crippen LogP contribution in [0, 0.1) is 5.92 Å². The number of carbonyl (C=O) groups excluding carboxylic acids is 1. The summed E-state index contributed by atoms with van der Waals surface area (Å²) in [6.45, 7) is 4.52. The summed E-state index contributed by atoms with van der Waals surface area (Å²) in [6, 6.07) is 0.727. The smallest absolute Gasteiger partial charge is 0.310 e. The Morgan fingerprint density at radius 3 is 2.50 bits per heavy atom. The third-order valence-corrected chi connectivity index (χ3v) is 4.41. The fourth-order valence-corrected chi connectivity index (χ4v) is 3.41. The van der Waals surface area contributed by atoms with Gasteiger partial charge >= 0.3 is 5.97 Å². The van der Waals surface area contributed by atoms with Crippen molar-refractivity contribution in [1.82, 2.24) is 4.90 Å². The Kier molecular flexibility index (Phi) is 5.48. The molecule has 2 rings (SSSR count). The molecule has 1 saturated carbocycles.